The molecule has 0 spiro atoms. The smallest absolute Gasteiger partial charge is 0.337 e. The van der Waals surface area contributed by atoms with Crippen LogP contribution >= 0.6 is 0 Å². The van der Waals surface area contributed by atoms with Gasteiger partial charge in [0.1, 0.15) is 18.3 Å². The number of aryl methyl sites for hydroxylation is 1. The van der Waals surface area contributed by atoms with Crippen LogP contribution in [0.2, 0.25) is 0 Å². The Labute approximate surface area is 183 Å². The summed E-state index contributed by atoms with van der Waals surface area (Å²) in [5.74, 6) is 0.0435. The van der Waals surface area contributed by atoms with Gasteiger partial charge in [-0.3, -0.25) is 9.36 Å². The van der Waals surface area contributed by atoms with E-state index in [1.54, 1.807) is 4.68 Å². The largest absolute Gasteiger partial charge is 0.416 e. The Bertz CT molecular complexity index is 1520. The number of benzene rings is 2. The summed E-state index contributed by atoms with van der Waals surface area (Å²) in [4.78, 5) is 21.4. The quantitative estimate of drug-likeness (QED) is 0.409. The normalized spacial score (nSPS) is 11.9. The number of nitrogens with zero attached hydrogens (tertiary/aromatic N) is 6. The Balaban J connectivity index is 1.44. The zero-order chi connectivity index (χ0) is 23.2. The summed E-state index contributed by atoms with van der Waals surface area (Å²) in [5.41, 5.74) is 1.23. The van der Waals surface area contributed by atoms with E-state index in [0.29, 0.717) is 11.0 Å². The van der Waals surface area contributed by atoms with Crippen LogP contribution in [0.5, 0.6) is 0 Å². The minimum Gasteiger partial charge on any atom is -0.337 e. The van der Waals surface area contributed by atoms with Gasteiger partial charge in [0.2, 0.25) is 11.7 Å². The number of alkyl halides is 3. The standard InChI is InChI=1S/C22H15F3N6O2/c1-13-5-7-16(8-6-13)31-20-17(10-27-31)21(32)30(12-26-20)11-18-28-19(29-33-18)14-3-2-4-15(9-14)22(23,24)25/h2-10,12H,11H2,1H3. The number of hydrogen-bond acceptors (Lipinski definition) is 6. The highest BCUT2D eigenvalue weighted by atomic mass is 19.4. The summed E-state index contributed by atoms with van der Waals surface area (Å²) in [6, 6.07) is 12.2. The summed E-state index contributed by atoms with van der Waals surface area (Å²) in [7, 11) is 0. The van der Waals surface area contributed by atoms with Gasteiger partial charge in [-0.05, 0) is 31.2 Å². The van der Waals surface area contributed by atoms with E-state index in [4.69, 9.17) is 4.52 Å². The molecule has 8 nitrogen and oxygen atoms in total. The van der Waals surface area contributed by atoms with E-state index in [-0.39, 0.29) is 29.4 Å². The number of rotatable bonds is 4. The highest BCUT2D eigenvalue weighted by molar-refractivity contribution is 5.74. The Hall–Kier alpha value is -4.28. The van der Waals surface area contributed by atoms with Crippen LogP contribution in [0.4, 0.5) is 13.2 Å². The van der Waals surface area contributed by atoms with Crippen LogP contribution in [0.1, 0.15) is 17.0 Å². The van der Waals surface area contributed by atoms with Gasteiger partial charge in [-0.25, -0.2) is 9.67 Å². The van der Waals surface area contributed by atoms with Crippen LogP contribution in [0.25, 0.3) is 28.1 Å². The maximum atomic E-state index is 13.0. The predicted molar refractivity (Wildman–Crippen MR) is 112 cm³/mol. The predicted octanol–water partition coefficient (Wildman–Crippen LogP) is 4.01. The number of fused-ring (bicyclic) bond motifs is 1. The van der Waals surface area contributed by atoms with Gasteiger partial charge >= 0.3 is 6.18 Å². The first-order valence-electron chi connectivity index (χ1n) is 9.80. The summed E-state index contributed by atoms with van der Waals surface area (Å²) in [6.07, 6.45) is -1.71. The molecule has 0 unspecified atom stereocenters. The molecular weight excluding hydrogens is 437 g/mol. The van der Waals surface area contributed by atoms with Crippen LogP contribution in [0.3, 0.4) is 0 Å². The molecule has 0 saturated heterocycles. The Kier molecular flexibility index (Phi) is 4.81. The SMILES string of the molecule is Cc1ccc(-n2ncc3c(=O)n(Cc4nc(-c5cccc(C(F)(F)F)c5)no4)cnc32)cc1. The minimum atomic E-state index is -4.49. The molecule has 2 aromatic carbocycles. The minimum absolute atomic E-state index is 0.00891. The molecule has 11 heteroatoms. The van der Waals surface area contributed by atoms with Gasteiger partial charge < -0.3 is 4.52 Å². The molecule has 5 rings (SSSR count). The fourth-order valence-electron chi connectivity index (χ4n) is 3.35. The third-order valence-electron chi connectivity index (χ3n) is 5.05. The molecule has 166 valence electrons. The lowest BCUT2D eigenvalue weighted by atomic mass is 10.1. The lowest BCUT2D eigenvalue weighted by Crippen LogP contribution is -2.21. The van der Waals surface area contributed by atoms with Gasteiger partial charge in [0, 0.05) is 5.56 Å². The second-order valence-electron chi connectivity index (χ2n) is 7.40. The van der Waals surface area contributed by atoms with Crippen molar-refractivity contribution in [1.29, 1.82) is 0 Å². The molecular formula is C22H15F3N6O2. The van der Waals surface area contributed by atoms with Crippen LogP contribution in [0.15, 0.2) is 70.4 Å². The maximum Gasteiger partial charge on any atom is 0.416 e. The van der Waals surface area contributed by atoms with E-state index in [2.05, 4.69) is 20.2 Å². The first-order valence-corrected chi connectivity index (χ1v) is 9.80. The highest BCUT2D eigenvalue weighted by Crippen LogP contribution is 2.31. The van der Waals surface area contributed by atoms with Crippen LogP contribution in [0, 0.1) is 6.92 Å². The number of hydrogen-bond donors (Lipinski definition) is 0. The first-order chi connectivity index (χ1) is 15.8. The molecule has 0 saturated carbocycles. The van der Waals surface area contributed by atoms with Gasteiger partial charge in [-0.15, -0.1) is 0 Å². The molecule has 0 N–H and O–H groups in total. The zero-order valence-corrected chi connectivity index (χ0v) is 17.1. The van der Waals surface area contributed by atoms with Crippen LogP contribution in [-0.2, 0) is 12.7 Å². The van der Waals surface area contributed by atoms with E-state index >= 15 is 0 Å². The first kappa shape index (κ1) is 20.6. The zero-order valence-electron chi connectivity index (χ0n) is 17.1. The average molecular weight is 452 g/mol. The molecule has 0 fully saturated rings. The van der Waals surface area contributed by atoms with Crippen molar-refractivity contribution in [2.75, 3.05) is 0 Å². The molecule has 0 aliphatic carbocycles. The van der Waals surface area contributed by atoms with Crippen molar-refractivity contribution in [3.05, 3.63) is 88.4 Å². The van der Waals surface area contributed by atoms with Gasteiger partial charge in [0.05, 0.1) is 17.4 Å². The maximum absolute atomic E-state index is 13.0. The third-order valence-corrected chi connectivity index (χ3v) is 5.05. The fourth-order valence-corrected chi connectivity index (χ4v) is 3.35. The van der Waals surface area contributed by atoms with E-state index < -0.39 is 11.7 Å². The molecule has 0 atom stereocenters. The molecule has 33 heavy (non-hydrogen) atoms. The molecule has 3 aromatic heterocycles. The molecule has 0 aliphatic rings. The Morgan fingerprint density at radius 3 is 2.64 bits per heavy atom. The van der Waals surface area contributed by atoms with Gasteiger partial charge in [0.25, 0.3) is 5.56 Å². The molecule has 0 amide bonds. The fraction of sp³-hybridized carbons (Fsp3) is 0.136. The van der Waals surface area contributed by atoms with Gasteiger partial charge in [0.15, 0.2) is 5.65 Å². The second kappa shape index (κ2) is 7.69. The van der Waals surface area contributed by atoms with Crippen molar-refractivity contribution in [2.24, 2.45) is 0 Å². The van der Waals surface area contributed by atoms with E-state index in [1.807, 2.05) is 31.2 Å². The van der Waals surface area contributed by atoms with E-state index in [1.165, 1.54) is 29.2 Å². The monoisotopic (exact) mass is 452 g/mol. The van der Waals surface area contributed by atoms with E-state index in [9.17, 15) is 18.0 Å². The average Bonchev–Trinajstić information content (AvgIpc) is 3.44. The molecule has 5 aromatic rings. The number of aromatic nitrogens is 6. The lowest BCUT2D eigenvalue weighted by molar-refractivity contribution is -0.137. The summed E-state index contributed by atoms with van der Waals surface area (Å²) >= 11 is 0. The molecule has 0 bridgehead atoms. The van der Waals surface area contributed by atoms with E-state index in [0.717, 1.165) is 23.4 Å². The van der Waals surface area contributed by atoms with Gasteiger partial charge in [-0.2, -0.15) is 23.3 Å². The highest BCUT2D eigenvalue weighted by Gasteiger charge is 2.30. The van der Waals surface area contributed by atoms with Crippen molar-refractivity contribution >= 4 is 11.0 Å². The molecule has 0 radical (unpaired) electrons. The summed E-state index contributed by atoms with van der Waals surface area (Å²) in [5, 5.41) is 8.32. The van der Waals surface area contributed by atoms with Crippen molar-refractivity contribution in [2.45, 2.75) is 19.6 Å². The Morgan fingerprint density at radius 2 is 1.88 bits per heavy atom. The van der Waals surface area contributed by atoms with Crippen molar-refractivity contribution in [3.63, 3.8) is 0 Å². The molecule has 3 heterocycles. The summed E-state index contributed by atoms with van der Waals surface area (Å²) < 4.78 is 46.9. The van der Waals surface area contributed by atoms with Crippen LogP contribution < -0.4 is 5.56 Å². The van der Waals surface area contributed by atoms with Crippen LogP contribution in [-0.4, -0.2) is 29.5 Å². The summed E-state index contributed by atoms with van der Waals surface area (Å²) in [6.45, 7) is 1.88. The topological polar surface area (TPSA) is 91.6 Å². The Morgan fingerprint density at radius 1 is 1.09 bits per heavy atom. The second-order valence-corrected chi connectivity index (χ2v) is 7.40. The van der Waals surface area contributed by atoms with Crippen molar-refractivity contribution in [1.82, 2.24) is 29.5 Å². The van der Waals surface area contributed by atoms with Crippen molar-refractivity contribution < 1.29 is 17.7 Å². The third kappa shape index (κ3) is 3.88. The molecule has 0 aliphatic heterocycles. The number of halogens is 3. The van der Waals surface area contributed by atoms with Crippen molar-refractivity contribution in [3.8, 4) is 17.1 Å². The van der Waals surface area contributed by atoms with Gasteiger partial charge in [-0.1, -0.05) is 35.0 Å². The lowest BCUT2D eigenvalue weighted by Gasteiger charge is -2.06.